The maximum absolute atomic E-state index is 12.3. The van der Waals surface area contributed by atoms with Crippen LogP contribution in [-0.4, -0.2) is 21.6 Å². The van der Waals surface area contributed by atoms with Gasteiger partial charge in [0.25, 0.3) is 0 Å². The van der Waals surface area contributed by atoms with E-state index in [0.717, 1.165) is 0 Å². The summed E-state index contributed by atoms with van der Waals surface area (Å²) in [6, 6.07) is 4.40. The molecule has 0 unspecified atom stereocenters. The van der Waals surface area contributed by atoms with Crippen LogP contribution < -0.4 is 10.5 Å². The molecule has 0 aliphatic rings. The van der Waals surface area contributed by atoms with Gasteiger partial charge in [-0.2, -0.15) is 8.78 Å². The Balaban J connectivity index is 2.32. The third-order valence-electron chi connectivity index (χ3n) is 2.58. The lowest BCUT2D eigenvalue weighted by Gasteiger charge is -2.11. The summed E-state index contributed by atoms with van der Waals surface area (Å²) in [4.78, 5) is 0. The van der Waals surface area contributed by atoms with Gasteiger partial charge in [0.15, 0.2) is 5.82 Å². The first-order valence-electron chi connectivity index (χ1n) is 5.36. The summed E-state index contributed by atoms with van der Waals surface area (Å²) in [7, 11) is 0. The van der Waals surface area contributed by atoms with E-state index in [1.807, 2.05) is 0 Å². The third kappa shape index (κ3) is 3.11. The molecular weight excluding hydrogens is 278 g/mol. The molecule has 0 aliphatic carbocycles. The van der Waals surface area contributed by atoms with Gasteiger partial charge in [-0.25, -0.2) is 4.68 Å². The fraction of sp³-hybridized carbons (Fsp3) is 0.273. The highest BCUT2D eigenvalue weighted by atomic mass is 35.5. The van der Waals surface area contributed by atoms with E-state index in [-0.39, 0.29) is 12.3 Å². The topological polar surface area (TPSA) is 66.0 Å². The SMILES string of the molecule is Cc1c(N)nnn1Cc1cc(Cl)ccc1OC(F)F. The van der Waals surface area contributed by atoms with Crippen LogP contribution in [0.15, 0.2) is 18.2 Å². The molecule has 8 heteroatoms. The van der Waals surface area contributed by atoms with E-state index in [2.05, 4.69) is 15.0 Å². The molecule has 2 N–H and O–H groups in total. The number of benzene rings is 1. The highest BCUT2D eigenvalue weighted by Crippen LogP contribution is 2.25. The van der Waals surface area contributed by atoms with Crippen molar-refractivity contribution in [2.24, 2.45) is 0 Å². The standard InChI is InChI=1S/C11H11ClF2N4O/c1-6-10(15)16-17-18(6)5-7-4-8(12)2-3-9(7)19-11(13)14/h2-4,11H,5,15H2,1H3. The molecule has 2 rings (SSSR count). The van der Waals surface area contributed by atoms with Crippen LogP contribution in [0.1, 0.15) is 11.3 Å². The largest absolute Gasteiger partial charge is 0.434 e. The maximum Gasteiger partial charge on any atom is 0.387 e. The van der Waals surface area contributed by atoms with Crippen molar-refractivity contribution in [2.75, 3.05) is 5.73 Å². The van der Waals surface area contributed by atoms with Gasteiger partial charge in [-0.3, -0.25) is 0 Å². The minimum absolute atomic E-state index is 0.0490. The molecule has 5 nitrogen and oxygen atoms in total. The van der Waals surface area contributed by atoms with Gasteiger partial charge in [0.1, 0.15) is 5.75 Å². The molecule has 1 aromatic heterocycles. The molecule has 0 aliphatic heterocycles. The fourth-order valence-corrected chi connectivity index (χ4v) is 1.76. The van der Waals surface area contributed by atoms with E-state index < -0.39 is 6.61 Å². The van der Waals surface area contributed by atoms with Crippen LogP contribution in [0.2, 0.25) is 5.02 Å². The molecule has 0 saturated heterocycles. The highest BCUT2D eigenvalue weighted by Gasteiger charge is 2.13. The van der Waals surface area contributed by atoms with E-state index in [9.17, 15) is 8.78 Å². The average molecular weight is 289 g/mol. The Morgan fingerprint density at radius 3 is 2.79 bits per heavy atom. The molecule has 1 heterocycles. The zero-order chi connectivity index (χ0) is 14.0. The van der Waals surface area contributed by atoms with Crippen LogP contribution in [0.25, 0.3) is 0 Å². The zero-order valence-corrected chi connectivity index (χ0v) is 10.7. The summed E-state index contributed by atoms with van der Waals surface area (Å²) in [6.45, 7) is -0.978. The number of nitrogen functional groups attached to an aromatic ring is 1. The summed E-state index contributed by atoms with van der Waals surface area (Å²) in [6.07, 6.45) is 0. The molecule has 102 valence electrons. The van der Waals surface area contributed by atoms with Crippen LogP contribution in [0.3, 0.4) is 0 Å². The number of ether oxygens (including phenoxy) is 1. The van der Waals surface area contributed by atoms with Crippen LogP contribution >= 0.6 is 11.6 Å². The smallest absolute Gasteiger partial charge is 0.387 e. The number of halogens is 3. The second-order valence-electron chi connectivity index (χ2n) is 3.85. The van der Waals surface area contributed by atoms with Gasteiger partial charge in [0.2, 0.25) is 0 Å². The first-order valence-corrected chi connectivity index (χ1v) is 5.74. The summed E-state index contributed by atoms with van der Waals surface area (Å²) >= 11 is 5.85. The Bertz CT molecular complexity index is 588. The normalized spacial score (nSPS) is 11.0. The van der Waals surface area contributed by atoms with Crippen molar-refractivity contribution in [1.29, 1.82) is 0 Å². The number of hydrogen-bond donors (Lipinski definition) is 1. The number of anilines is 1. The van der Waals surface area contributed by atoms with Gasteiger partial charge in [0.05, 0.1) is 12.2 Å². The molecule has 0 saturated carbocycles. The number of rotatable bonds is 4. The lowest BCUT2D eigenvalue weighted by atomic mass is 10.2. The molecule has 1 aromatic carbocycles. The Labute approximate surface area is 112 Å². The van der Waals surface area contributed by atoms with Crippen LogP contribution in [0.5, 0.6) is 5.75 Å². The monoisotopic (exact) mass is 288 g/mol. The van der Waals surface area contributed by atoms with Crippen molar-refractivity contribution in [2.45, 2.75) is 20.1 Å². The molecule has 0 atom stereocenters. The summed E-state index contributed by atoms with van der Waals surface area (Å²) in [5.41, 5.74) is 6.69. The van der Waals surface area contributed by atoms with Gasteiger partial charge in [-0.05, 0) is 25.1 Å². The Morgan fingerprint density at radius 1 is 1.47 bits per heavy atom. The van der Waals surface area contributed by atoms with Gasteiger partial charge in [0, 0.05) is 10.6 Å². The highest BCUT2D eigenvalue weighted by molar-refractivity contribution is 6.30. The molecule has 19 heavy (non-hydrogen) atoms. The summed E-state index contributed by atoms with van der Waals surface area (Å²) in [5.74, 6) is 0.339. The first kappa shape index (κ1) is 13.5. The molecular formula is C11H11ClF2N4O. The van der Waals surface area contributed by atoms with Gasteiger partial charge >= 0.3 is 6.61 Å². The van der Waals surface area contributed by atoms with Crippen LogP contribution in [-0.2, 0) is 6.54 Å². The number of aromatic nitrogens is 3. The second kappa shape index (κ2) is 5.40. The molecule has 0 bridgehead atoms. The van der Waals surface area contributed by atoms with Crippen LogP contribution in [0.4, 0.5) is 14.6 Å². The molecule has 2 aromatic rings. The second-order valence-corrected chi connectivity index (χ2v) is 4.28. The average Bonchev–Trinajstić information content (AvgIpc) is 2.64. The van der Waals surface area contributed by atoms with Crippen molar-refractivity contribution in [3.63, 3.8) is 0 Å². The third-order valence-corrected chi connectivity index (χ3v) is 2.81. The lowest BCUT2D eigenvalue weighted by Crippen LogP contribution is -2.09. The minimum atomic E-state index is -2.90. The predicted octanol–water partition coefficient (Wildman–Crippen LogP) is 2.47. The Morgan fingerprint density at radius 2 is 2.21 bits per heavy atom. The number of hydrogen-bond acceptors (Lipinski definition) is 4. The van der Waals surface area contributed by atoms with Crippen molar-refractivity contribution < 1.29 is 13.5 Å². The van der Waals surface area contributed by atoms with E-state index in [1.54, 1.807) is 6.92 Å². The predicted molar refractivity (Wildman–Crippen MR) is 66.4 cm³/mol. The minimum Gasteiger partial charge on any atom is -0.434 e. The molecule has 0 amide bonds. The number of alkyl halides is 2. The van der Waals surface area contributed by atoms with E-state index in [0.29, 0.717) is 22.1 Å². The van der Waals surface area contributed by atoms with E-state index in [4.69, 9.17) is 17.3 Å². The quantitative estimate of drug-likeness (QED) is 0.938. The van der Waals surface area contributed by atoms with Crippen LogP contribution in [0, 0.1) is 6.92 Å². The number of nitrogens with zero attached hydrogens (tertiary/aromatic N) is 3. The van der Waals surface area contributed by atoms with Gasteiger partial charge < -0.3 is 10.5 Å². The Hall–Kier alpha value is -1.89. The van der Waals surface area contributed by atoms with Crippen molar-refractivity contribution in [1.82, 2.24) is 15.0 Å². The fourth-order valence-electron chi connectivity index (χ4n) is 1.57. The van der Waals surface area contributed by atoms with E-state index in [1.165, 1.54) is 22.9 Å². The van der Waals surface area contributed by atoms with Gasteiger partial charge in [-0.1, -0.05) is 16.8 Å². The lowest BCUT2D eigenvalue weighted by molar-refractivity contribution is -0.0505. The molecule has 0 radical (unpaired) electrons. The molecule has 0 spiro atoms. The van der Waals surface area contributed by atoms with Crippen molar-refractivity contribution in [3.8, 4) is 5.75 Å². The van der Waals surface area contributed by atoms with Crippen molar-refractivity contribution in [3.05, 3.63) is 34.5 Å². The van der Waals surface area contributed by atoms with Crippen molar-refractivity contribution >= 4 is 17.4 Å². The maximum atomic E-state index is 12.3. The van der Waals surface area contributed by atoms with Gasteiger partial charge in [-0.15, -0.1) is 5.10 Å². The Kier molecular flexibility index (Phi) is 3.84. The molecule has 0 fully saturated rings. The first-order chi connectivity index (χ1) is 8.97. The summed E-state index contributed by atoms with van der Waals surface area (Å²) in [5, 5.41) is 7.93. The van der Waals surface area contributed by atoms with E-state index >= 15 is 0 Å². The number of nitrogens with two attached hydrogens (primary N) is 1. The summed E-state index contributed by atoms with van der Waals surface area (Å²) < 4.78 is 30.5. The zero-order valence-electron chi connectivity index (χ0n) is 9.98.